The predicted molar refractivity (Wildman–Crippen MR) is 150 cm³/mol. The molecule has 3 amide bonds. The van der Waals surface area contributed by atoms with Crippen LogP contribution in [-0.2, 0) is 32.1 Å². The number of nitrogens with two attached hydrogens (primary N) is 1. The number of amides is 3. The van der Waals surface area contributed by atoms with Crippen LogP contribution < -0.4 is 22.0 Å². The zero-order valence-electron chi connectivity index (χ0n) is 22.5. The van der Waals surface area contributed by atoms with Crippen LogP contribution in [0, 0.1) is 0 Å². The maximum absolute atomic E-state index is 13.1. The molecule has 0 saturated carbocycles. The second kappa shape index (κ2) is 12.6. The average Bonchev–Trinajstić information content (AvgIpc) is 3.79. The van der Waals surface area contributed by atoms with Gasteiger partial charge in [-0.15, -0.1) is 0 Å². The Morgan fingerprint density at radius 2 is 1.88 bits per heavy atom. The summed E-state index contributed by atoms with van der Waals surface area (Å²) in [5.74, 6) is -1.88. The summed E-state index contributed by atoms with van der Waals surface area (Å²) in [5, 5.41) is 21.8. The van der Waals surface area contributed by atoms with Crippen molar-refractivity contribution in [3.05, 3.63) is 82.8 Å². The molecule has 3 aliphatic rings. The van der Waals surface area contributed by atoms with Crippen molar-refractivity contribution >= 4 is 49.2 Å². The molecule has 1 fully saturated rings. The lowest BCUT2D eigenvalue weighted by molar-refractivity contribution is -0.138. The minimum atomic E-state index is -1.07. The number of primary amides is 1. The van der Waals surface area contributed by atoms with Crippen molar-refractivity contribution in [2.45, 2.75) is 44.6 Å². The first-order valence-electron chi connectivity index (χ1n) is 13.4. The highest BCUT2D eigenvalue weighted by atomic mass is 16.5. The molecule has 1 radical (unpaired) electrons. The van der Waals surface area contributed by atoms with Crippen LogP contribution in [0.3, 0.4) is 0 Å². The van der Waals surface area contributed by atoms with Crippen molar-refractivity contribution in [1.82, 2.24) is 10.2 Å². The number of carbonyl (C=O) groups is 4. The Bertz CT molecular complexity index is 1500. The van der Waals surface area contributed by atoms with Crippen LogP contribution in [0.1, 0.15) is 62.9 Å². The molecule has 0 aliphatic carbocycles. The number of nitrogens with zero attached hydrogens (tertiary/aromatic N) is 1. The minimum Gasteiger partial charge on any atom is -0.481 e. The molecule has 3 aliphatic heterocycles. The molecule has 1 unspecified atom stereocenters. The Balaban J connectivity index is 0.000000244. The van der Waals surface area contributed by atoms with E-state index in [1.165, 1.54) is 11.2 Å². The Labute approximate surface area is 242 Å². The third-order valence-corrected chi connectivity index (χ3v) is 7.33. The standard InChI is InChI=1S/C20H21BN2O7.C8H7BNO2/c24-18(25)10-15(17-4-2-8-29-17)22-19(26)16-3-1-7-23(16)20(27)12-5-6-13-11-30-21(28)14(13)9-12;10-8(11)5-1-2-6-4-12-9-7(6)3-5/h2,4-6,8-9,15-16,28H,1,3,7,10-11H2,(H,22,26)(H,24,25);1-3H,4H2,(H2,10,11)/t15-,16?;/m0./s1. The molecule has 0 bridgehead atoms. The molecule has 2 atom stereocenters. The SMILES string of the molecule is NC(=O)c1ccc2c(c1)[B]OC2.O=C(O)C[C@H](NC(=O)C1CCCN1C(=O)c1ccc2c(c1)B(O)OC2)c1ccco1. The van der Waals surface area contributed by atoms with Crippen molar-refractivity contribution in [2.75, 3.05) is 6.54 Å². The van der Waals surface area contributed by atoms with E-state index >= 15 is 0 Å². The van der Waals surface area contributed by atoms with Crippen molar-refractivity contribution in [3.8, 4) is 0 Å². The fourth-order valence-corrected chi connectivity index (χ4v) is 5.16. The number of carboxylic acids is 1. The van der Waals surface area contributed by atoms with Gasteiger partial charge in [0, 0.05) is 17.7 Å². The number of carboxylic acid groups (broad SMARTS) is 1. The molecular weight excluding hydrogens is 544 g/mol. The molecule has 0 spiro atoms. The molecule has 5 N–H and O–H groups in total. The highest BCUT2D eigenvalue weighted by Crippen LogP contribution is 2.24. The van der Waals surface area contributed by atoms with Gasteiger partial charge in [-0.3, -0.25) is 19.2 Å². The zero-order chi connectivity index (χ0) is 29.8. The first-order valence-corrected chi connectivity index (χ1v) is 13.4. The number of likely N-dealkylation sites (tertiary alicyclic amines) is 1. The van der Waals surface area contributed by atoms with E-state index in [1.54, 1.807) is 49.9 Å². The first-order chi connectivity index (χ1) is 20.2. The molecule has 2 aromatic carbocycles. The maximum atomic E-state index is 13.1. The molecule has 42 heavy (non-hydrogen) atoms. The molecule has 4 heterocycles. The summed E-state index contributed by atoms with van der Waals surface area (Å²) in [6.45, 7) is 1.29. The monoisotopic (exact) mass is 572 g/mol. The van der Waals surface area contributed by atoms with Crippen LogP contribution in [0.4, 0.5) is 0 Å². The van der Waals surface area contributed by atoms with Crippen LogP contribution in [0.5, 0.6) is 0 Å². The fourth-order valence-electron chi connectivity index (χ4n) is 5.16. The second-order valence-electron chi connectivity index (χ2n) is 10.1. The highest BCUT2D eigenvalue weighted by molar-refractivity contribution is 6.61. The van der Waals surface area contributed by atoms with Crippen LogP contribution in [0.2, 0.25) is 0 Å². The number of aliphatic carboxylic acids is 1. The van der Waals surface area contributed by atoms with E-state index < -0.39 is 37.0 Å². The van der Waals surface area contributed by atoms with Gasteiger partial charge in [-0.25, -0.2) is 0 Å². The Kier molecular flexibility index (Phi) is 8.76. The first kappa shape index (κ1) is 29.1. The van der Waals surface area contributed by atoms with Gasteiger partial charge < -0.3 is 39.8 Å². The zero-order valence-corrected chi connectivity index (χ0v) is 22.5. The molecule has 12 nitrogen and oxygen atoms in total. The summed E-state index contributed by atoms with van der Waals surface area (Å²) in [4.78, 5) is 49.4. The molecule has 215 valence electrons. The van der Waals surface area contributed by atoms with E-state index in [2.05, 4.69) is 5.32 Å². The Morgan fingerprint density at radius 1 is 1.10 bits per heavy atom. The summed E-state index contributed by atoms with van der Waals surface area (Å²) in [7, 11) is 0.581. The van der Waals surface area contributed by atoms with Crippen molar-refractivity contribution in [3.63, 3.8) is 0 Å². The van der Waals surface area contributed by atoms with Gasteiger partial charge in [0.15, 0.2) is 0 Å². The summed E-state index contributed by atoms with van der Waals surface area (Å²) >= 11 is 0. The lowest BCUT2D eigenvalue weighted by atomic mass is 9.78. The quantitative estimate of drug-likeness (QED) is 0.283. The summed E-state index contributed by atoms with van der Waals surface area (Å²) in [6.07, 6.45) is 2.22. The van der Waals surface area contributed by atoms with E-state index in [0.717, 1.165) is 16.6 Å². The smallest absolute Gasteiger partial charge is 0.481 e. The molecule has 14 heteroatoms. The normalized spacial score (nSPS) is 17.4. The van der Waals surface area contributed by atoms with Gasteiger partial charge in [0.1, 0.15) is 11.8 Å². The second-order valence-corrected chi connectivity index (χ2v) is 10.1. The summed E-state index contributed by atoms with van der Waals surface area (Å²) in [6, 6.07) is 12.0. The van der Waals surface area contributed by atoms with Gasteiger partial charge in [-0.2, -0.15) is 0 Å². The number of carbonyl (C=O) groups excluding carboxylic acids is 3. The lowest BCUT2D eigenvalue weighted by Gasteiger charge is -2.26. The third kappa shape index (κ3) is 6.40. The van der Waals surface area contributed by atoms with Crippen molar-refractivity contribution < 1.29 is 43.0 Å². The van der Waals surface area contributed by atoms with E-state index in [4.69, 9.17) is 24.6 Å². The lowest BCUT2D eigenvalue weighted by Crippen LogP contribution is -2.47. The largest absolute Gasteiger partial charge is 0.491 e. The van der Waals surface area contributed by atoms with Crippen LogP contribution in [-0.4, -0.2) is 65.9 Å². The Morgan fingerprint density at radius 3 is 2.62 bits per heavy atom. The van der Waals surface area contributed by atoms with Crippen LogP contribution >= 0.6 is 0 Å². The molecule has 1 saturated heterocycles. The van der Waals surface area contributed by atoms with Gasteiger partial charge in [0.2, 0.25) is 11.8 Å². The topological polar surface area (TPSA) is 182 Å². The predicted octanol–water partition coefficient (Wildman–Crippen LogP) is -0.00570. The highest BCUT2D eigenvalue weighted by Gasteiger charge is 2.37. The summed E-state index contributed by atoms with van der Waals surface area (Å²) < 4.78 is 15.5. The number of furan rings is 1. The van der Waals surface area contributed by atoms with Gasteiger partial charge in [-0.05, 0) is 65.2 Å². The molecule has 3 aromatic rings. The maximum Gasteiger partial charge on any atom is 0.491 e. The fraction of sp³-hybridized carbons (Fsp3) is 0.286. The van der Waals surface area contributed by atoms with E-state index in [-0.39, 0.29) is 18.9 Å². The van der Waals surface area contributed by atoms with E-state index in [0.29, 0.717) is 48.3 Å². The van der Waals surface area contributed by atoms with E-state index in [1.807, 2.05) is 6.07 Å². The number of fused-ring (bicyclic) bond motifs is 2. The third-order valence-electron chi connectivity index (χ3n) is 7.33. The number of rotatable bonds is 7. The number of nitrogens with one attached hydrogen (secondary N) is 1. The Hall–Kier alpha value is -4.39. The van der Waals surface area contributed by atoms with Crippen molar-refractivity contribution in [2.24, 2.45) is 5.73 Å². The average molecular weight is 572 g/mol. The molecular formula is C28H28B2N3O9. The number of hydrogen-bond acceptors (Lipinski definition) is 8. The molecule has 1 aromatic heterocycles. The van der Waals surface area contributed by atoms with Gasteiger partial charge in [0.05, 0.1) is 31.9 Å². The number of hydrogen-bond donors (Lipinski definition) is 4. The molecule has 6 rings (SSSR count). The van der Waals surface area contributed by atoms with Gasteiger partial charge in [-0.1, -0.05) is 18.2 Å². The minimum absolute atomic E-state index is 0.289. The number of benzene rings is 2. The van der Waals surface area contributed by atoms with Crippen molar-refractivity contribution in [1.29, 1.82) is 0 Å². The van der Waals surface area contributed by atoms with Gasteiger partial charge >= 0.3 is 20.6 Å². The van der Waals surface area contributed by atoms with Crippen LogP contribution in [0.15, 0.2) is 59.2 Å². The summed E-state index contributed by atoms with van der Waals surface area (Å²) in [5.41, 5.74) is 9.43. The van der Waals surface area contributed by atoms with Crippen LogP contribution in [0.25, 0.3) is 0 Å². The van der Waals surface area contributed by atoms with E-state index in [9.17, 15) is 24.2 Å². The van der Waals surface area contributed by atoms with Gasteiger partial charge in [0.25, 0.3) is 5.91 Å².